The normalized spacial score (nSPS) is 26.8. The van der Waals surface area contributed by atoms with Crippen molar-refractivity contribution in [3.05, 3.63) is 80.4 Å². The quantitative estimate of drug-likeness (QED) is 0.0985. The summed E-state index contributed by atoms with van der Waals surface area (Å²) in [6.07, 6.45) is 10.1. The summed E-state index contributed by atoms with van der Waals surface area (Å²) in [5, 5.41) is 12.9. The highest BCUT2D eigenvalue weighted by molar-refractivity contribution is 6.45. The summed E-state index contributed by atoms with van der Waals surface area (Å²) < 4.78 is 23.4. The van der Waals surface area contributed by atoms with Crippen LogP contribution in [0.4, 0.5) is 0 Å². The highest BCUT2D eigenvalue weighted by atomic mass is 16.5. The van der Waals surface area contributed by atoms with Crippen LogP contribution in [0.5, 0.6) is 0 Å². The Hall–Kier alpha value is -3.70. The second-order valence-electron chi connectivity index (χ2n) is 18.3. The number of hydrogen-bond donors (Lipinski definition) is 2. The number of nitrogens with two attached hydrogens (primary N) is 2. The number of fused-ring (bicyclic) bond motifs is 3. The number of hydrogen-bond acceptors (Lipinski definition) is 8. The number of likely N-dealkylation sites (tertiary alicyclic amines) is 2. The van der Waals surface area contributed by atoms with Gasteiger partial charge in [0.15, 0.2) is 0 Å². The zero-order chi connectivity index (χ0) is 36.7. The van der Waals surface area contributed by atoms with Gasteiger partial charge in [-0.05, 0) is 123 Å². The molecule has 0 radical (unpaired) electrons. The highest BCUT2D eigenvalue weighted by Crippen LogP contribution is 2.74. The Morgan fingerprint density at radius 3 is 1.89 bits per heavy atom. The van der Waals surface area contributed by atoms with Crippen LogP contribution in [0.2, 0.25) is 0 Å². The van der Waals surface area contributed by atoms with Gasteiger partial charge in [0.1, 0.15) is 0 Å². The van der Waals surface area contributed by atoms with Gasteiger partial charge in [0.25, 0.3) is 0 Å². The van der Waals surface area contributed by atoms with Gasteiger partial charge in [0.05, 0.1) is 52.9 Å². The predicted molar refractivity (Wildman–Crippen MR) is 222 cm³/mol. The molecule has 0 bridgehead atoms. The Morgan fingerprint density at radius 1 is 0.571 bits per heavy atom. The molecule has 56 heavy (non-hydrogen) atoms. The summed E-state index contributed by atoms with van der Waals surface area (Å²) in [5.74, 6) is 1.02. The van der Waals surface area contributed by atoms with Gasteiger partial charge in [-0.15, -0.1) is 0 Å². The van der Waals surface area contributed by atoms with Crippen LogP contribution in [0.1, 0.15) is 61.9 Å². The number of ether oxygens (including phenoxy) is 4. The zero-order valence-electron chi connectivity index (χ0n) is 32.0. The van der Waals surface area contributed by atoms with Crippen molar-refractivity contribution in [2.45, 2.75) is 30.1 Å². The first kappa shape index (κ1) is 32.3. The molecule has 4 atom stereocenters. The van der Waals surface area contributed by atoms with E-state index in [4.69, 9.17) is 30.4 Å². The summed E-state index contributed by atoms with van der Waals surface area (Å²) in [7, 11) is 0. The van der Waals surface area contributed by atoms with E-state index in [0.29, 0.717) is 64.6 Å². The minimum atomic E-state index is -0.0723. The van der Waals surface area contributed by atoms with E-state index in [1.54, 1.807) is 104 Å². The Kier molecular flexibility index (Phi) is 6.38. The summed E-state index contributed by atoms with van der Waals surface area (Å²) in [5.41, 5.74) is 30.3. The molecule has 2 saturated heterocycles. The summed E-state index contributed by atoms with van der Waals surface area (Å²) >= 11 is 0. The van der Waals surface area contributed by atoms with Crippen LogP contribution in [0.25, 0.3) is 65.9 Å². The fraction of sp³-hybridized carbons (Fsp3) is 0.458. The van der Waals surface area contributed by atoms with Crippen molar-refractivity contribution in [3.8, 4) is 11.1 Å². The van der Waals surface area contributed by atoms with Gasteiger partial charge in [-0.1, -0.05) is 36.4 Å². The number of allylic oxidation sites excluding steroid dienone is 1. The molecule has 0 saturated carbocycles. The molecule has 4 N–H and O–H groups in total. The molecule has 2 heterocycles. The van der Waals surface area contributed by atoms with Crippen molar-refractivity contribution in [1.82, 2.24) is 9.80 Å². The Balaban J connectivity index is 0.934. The maximum atomic E-state index is 6.15. The molecule has 284 valence electrons. The van der Waals surface area contributed by atoms with Gasteiger partial charge in [-0.3, -0.25) is 9.80 Å². The SMILES string of the molecule is NCCOCCOCCN1CC2c3cc4c5c6c7c8c9c%10c(cc%11c9c9c(cc(c%12c9c8c5c3-%12)C2C1)C%11)C=CC1(C=C6C4)CN(CCOCCOCCN)CC%1071. The van der Waals surface area contributed by atoms with Crippen molar-refractivity contribution in [3.63, 3.8) is 0 Å². The van der Waals surface area contributed by atoms with Gasteiger partial charge < -0.3 is 30.4 Å². The first-order chi connectivity index (χ1) is 27.7. The average Bonchev–Trinajstić information content (AvgIpc) is 4.04. The van der Waals surface area contributed by atoms with Crippen LogP contribution in [-0.4, -0.2) is 115 Å². The van der Waals surface area contributed by atoms with E-state index < -0.39 is 0 Å². The van der Waals surface area contributed by atoms with Gasteiger partial charge in [0, 0.05) is 75.0 Å². The third-order valence-electron chi connectivity index (χ3n) is 15.8. The van der Waals surface area contributed by atoms with E-state index in [1.165, 1.54) is 5.56 Å². The van der Waals surface area contributed by atoms with E-state index in [-0.39, 0.29) is 10.8 Å². The molecule has 7 aliphatic carbocycles. The smallest absolute Gasteiger partial charge is 0.0701 e. The number of nitrogens with zero attached hydrogens (tertiary/aromatic N) is 2. The topological polar surface area (TPSA) is 95.4 Å². The van der Waals surface area contributed by atoms with Crippen LogP contribution in [0.15, 0.2) is 30.4 Å². The lowest BCUT2D eigenvalue weighted by molar-refractivity contribution is 0.0427. The largest absolute Gasteiger partial charge is 0.378 e. The second kappa shape index (κ2) is 11.1. The van der Waals surface area contributed by atoms with Gasteiger partial charge in [0.2, 0.25) is 0 Å². The molecule has 4 unspecified atom stereocenters. The minimum Gasteiger partial charge on any atom is -0.378 e. The Labute approximate surface area is 326 Å². The third kappa shape index (κ3) is 3.60. The van der Waals surface area contributed by atoms with E-state index in [0.717, 1.165) is 65.3 Å². The van der Waals surface area contributed by atoms with Gasteiger partial charge in [-0.25, -0.2) is 0 Å². The lowest BCUT2D eigenvalue weighted by Crippen LogP contribution is -2.46. The first-order valence-corrected chi connectivity index (χ1v) is 21.3. The van der Waals surface area contributed by atoms with E-state index in [1.807, 2.05) is 0 Å². The van der Waals surface area contributed by atoms with Crippen LogP contribution in [0.3, 0.4) is 0 Å². The maximum Gasteiger partial charge on any atom is 0.0701 e. The molecule has 1 spiro atoms. The lowest BCUT2D eigenvalue weighted by atomic mass is 9.53. The molecular weight excluding hydrogens is 697 g/mol. The molecule has 2 fully saturated rings. The first-order valence-electron chi connectivity index (χ1n) is 21.3. The molecule has 5 aromatic carbocycles. The van der Waals surface area contributed by atoms with Crippen LogP contribution >= 0.6 is 0 Å². The third-order valence-corrected chi connectivity index (χ3v) is 15.8. The standard InChI is InChI=1S/C48H48N4O4/c49-3-7-53-11-13-55-9-5-51-21-32-30-18-27-16-26-15-25-1-2-47-20-29-17-28-19-31(33(32)22-51)39-38(30)40-34(27)35(26)43-44-42(40)41(39)36(28)37(29)46(44)48(47,45(25)43)24-52(23-47)6-10-56-14-12-54-8-4-50/h1-2,15,18-20,32-33H,3-14,16-17,21-24,49-50H2. The molecule has 0 amide bonds. The molecule has 2 aliphatic heterocycles. The average molecular weight is 745 g/mol. The van der Waals surface area contributed by atoms with Crippen molar-refractivity contribution in [2.24, 2.45) is 16.9 Å². The molecule has 8 nitrogen and oxygen atoms in total. The molecule has 9 aliphatic rings. The molecular formula is C48H48N4O4. The summed E-state index contributed by atoms with van der Waals surface area (Å²) in [4.78, 5) is 5.42. The molecule has 5 aromatic rings. The van der Waals surface area contributed by atoms with E-state index >= 15 is 0 Å². The monoisotopic (exact) mass is 744 g/mol. The molecule has 14 rings (SSSR count). The van der Waals surface area contributed by atoms with E-state index in [2.05, 4.69) is 46.2 Å². The van der Waals surface area contributed by atoms with Gasteiger partial charge in [-0.2, -0.15) is 0 Å². The number of benzene rings is 5. The Bertz CT molecular complexity index is 2750. The fourth-order valence-corrected chi connectivity index (χ4v) is 14.2. The van der Waals surface area contributed by atoms with Crippen molar-refractivity contribution in [2.75, 3.05) is 105 Å². The van der Waals surface area contributed by atoms with Crippen molar-refractivity contribution >= 4 is 54.7 Å². The second-order valence-corrected chi connectivity index (χ2v) is 18.3. The summed E-state index contributed by atoms with van der Waals surface area (Å²) in [6, 6.07) is 8.04. The maximum absolute atomic E-state index is 6.15. The fourth-order valence-electron chi connectivity index (χ4n) is 14.2. The van der Waals surface area contributed by atoms with Crippen LogP contribution < -0.4 is 11.5 Å². The minimum absolute atomic E-state index is 0.0633. The Morgan fingerprint density at radius 2 is 1.18 bits per heavy atom. The highest BCUT2D eigenvalue weighted by Gasteiger charge is 2.66. The summed E-state index contributed by atoms with van der Waals surface area (Å²) in [6.45, 7) is 12.4. The van der Waals surface area contributed by atoms with E-state index in [9.17, 15) is 0 Å². The van der Waals surface area contributed by atoms with Crippen LogP contribution in [-0.2, 0) is 37.2 Å². The van der Waals surface area contributed by atoms with Crippen molar-refractivity contribution in [1.29, 1.82) is 0 Å². The van der Waals surface area contributed by atoms with Gasteiger partial charge >= 0.3 is 0 Å². The predicted octanol–water partition coefficient (Wildman–Crippen LogP) is 5.55. The van der Waals surface area contributed by atoms with Crippen LogP contribution in [0, 0.1) is 5.41 Å². The molecule has 8 heteroatoms. The number of rotatable bonds is 16. The molecule has 0 aromatic heterocycles. The zero-order valence-corrected chi connectivity index (χ0v) is 32.0. The lowest BCUT2D eigenvalue weighted by Gasteiger charge is -2.47. The van der Waals surface area contributed by atoms with Crippen molar-refractivity contribution < 1.29 is 18.9 Å².